The normalized spacial score (nSPS) is 12.4. The van der Waals surface area contributed by atoms with Gasteiger partial charge in [-0.15, -0.1) is 0 Å². The zero-order valence-corrected chi connectivity index (χ0v) is 8.53. The molecule has 0 spiro atoms. The molecular formula is C9H16N4O. The molecular weight excluding hydrogens is 180 g/mol. The van der Waals surface area contributed by atoms with E-state index in [2.05, 4.69) is 22.2 Å². The summed E-state index contributed by atoms with van der Waals surface area (Å²) in [7, 11) is 1.67. The molecule has 0 fully saturated rings. The Morgan fingerprint density at radius 1 is 1.64 bits per heavy atom. The van der Waals surface area contributed by atoms with Gasteiger partial charge < -0.3 is 15.8 Å². The predicted molar refractivity (Wildman–Crippen MR) is 56.0 cm³/mol. The Labute approximate surface area is 83.7 Å². The molecule has 1 heterocycles. The lowest BCUT2D eigenvalue weighted by atomic mass is 10.2. The van der Waals surface area contributed by atoms with Gasteiger partial charge in [-0.2, -0.15) is 0 Å². The molecule has 0 aliphatic carbocycles. The van der Waals surface area contributed by atoms with E-state index in [-0.39, 0.29) is 6.04 Å². The monoisotopic (exact) mass is 196 g/mol. The molecule has 0 amide bonds. The Kier molecular flexibility index (Phi) is 4.12. The van der Waals surface area contributed by atoms with Crippen molar-refractivity contribution in [3.05, 3.63) is 12.5 Å². The molecule has 1 aromatic rings. The smallest absolute Gasteiger partial charge is 0.152 e. The fraction of sp³-hybridized carbons (Fsp3) is 0.556. The number of hydrogen-bond donors (Lipinski definition) is 2. The third-order valence-electron chi connectivity index (χ3n) is 1.94. The second kappa shape index (κ2) is 5.39. The van der Waals surface area contributed by atoms with Crippen molar-refractivity contribution in [3.8, 4) is 0 Å². The van der Waals surface area contributed by atoms with Gasteiger partial charge in [-0.3, -0.25) is 0 Å². The molecule has 14 heavy (non-hydrogen) atoms. The lowest BCUT2D eigenvalue weighted by Gasteiger charge is -2.17. The summed E-state index contributed by atoms with van der Waals surface area (Å²) in [5.41, 5.74) is 6.25. The van der Waals surface area contributed by atoms with Crippen LogP contribution in [0.25, 0.3) is 0 Å². The molecule has 1 aromatic heterocycles. The van der Waals surface area contributed by atoms with Crippen LogP contribution in [0.5, 0.6) is 0 Å². The summed E-state index contributed by atoms with van der Waals surface area (Å²) in [5.74, 6) is 0.670. The minimum Gasteiger partial charge on any atom is -0.394 e. The zero-order valence-electron chi connectivity index (χ0n) is 8.53. The van der Waals surface area contributed by atoms with Crippen LogP contribution >= 0.6 is 0 Å². The van der Waals surface area contributed by atoms with Gasteiger partial charge in [0.25, 0.3) is 0 Å². The van der Waals surface area contributed by atoms with Gasteiger partial charge in [0.05, 0.1) is 24.5 Å². The molecule has 0 aromatic carbocycles. The first kappa shape index (κ1) is 10.7. The highest BCUT2D eigenvalue weighted by Gasteiger charge is 2.07. The molecule has 5 heteroatoms. The van der Waals surface area contributed by atoms with Gasteiger partial charge in [0.2, 0.25) is 0 Å². The van der Waals surface area contributed by atoms with Crippen molar-refractivity contribution in [1.82, 2.24) is 9.97 Å². The Morgan fingerprint density at radius 2 is 2.43 bits per heavy atom. The van der Waals surface area contributed by atoms with E-state index in [1.807, 2.05) is 0 Å². The van der Waals surface area contributed by atoms with Crippen LogP contribution in [-0.2, 0) is 4.74 Å². The summed E-state index contributed by atoms with van der Waals surface area (Å²) in [6.45, 7) is 2.72. The molecule has 1 rings (SSSR count). The van der Waals surface area contributed by atoms with Gasteiger partial charge in [-0.25, -0.2) is 9.97 Å². The van der Waals surface area contributed by atoms with Crippen molar-refractivity contribution in [2.24, 2.45) is 0 Å². The standard InChI is InChI=1S/C9H16N4O/c1-3-7(5-14-2)13-9-8(10)4-11-6-12-9/h4,6-7H,3,5,10H2,1-2H3,(H,11,12,13). The highest BCUT2D eigenvalue weighted by Crippen LogP contribution is 2.13. The molecule has 0 saturated carbocycles. The summed E-state index contributed by atoms with van der Waals surface area (Å²) < 4.78 is 5.06. The predicted octanol–water partition coefficient (Wildman–Crippen LogP) is 0.896. The molecule has 1 atom stereocenters. The maximum absolute atomic E-state index is 5.69. The lowest BCUT2D eigenvalue weighted by molar-refractivity contribution is 0.184. The Morgan fingerprint density at radius 3 is 3.00 bits per heavy atom. The van der Waals surface area contributed by atoms with Crippen molar-refractivity contribution < 1.29 is 4.74 Å². The minimum atomic E-state index is 0.234. The summed E-state index contributed by atoms with van der Waals surface area (Å²) in [6, 6.07) is 0.234. The van der Waals surface area contributed by atoms with Crippen LogP contribution in [0.2, 0.25) is 0 Å². The SMILES string of the molecule is CCC(COC)Nc1ncncc1N. The van der Waals surface area contributed by atoms with Crippen LogP contribution in [0, 0.1) is 0 Å². The molecule has 5 nitrogen and oxygen atoms in total. The third-order valence-corrected chi connectivity index (χ3v) is 1.94. The summed E-state index contributed by atoms with van der Waals surface area (Å²) >= 11 is 0. The second-order valence-electron chi connectivity index (χ2n) is 3.03. The van der Waals surface area contributed by atoms with E-state index in [4.69, 9.17) is 10.5 Å². The number of nitrogens with two attached hydrogens (primary N) is 1. The molecule has 1 unspecified atom stereocenters. The van der Waals surface area contributed by atoms with Gasteiger partial charge in [0, 0.05) is 7.11 Å². The highest BCUT2D eigenvalue weighted by atomic mass is 16.5. The van der Waals surface area contributed by atoms with E-state index in [9.17, 15) is 0 Å². The first-order valence-electron chi connectivity index (χ1n) is 4.58. The first-order chi connectivity index (χ1) is 6.77. The van der Waals surface area contributed by atoms with Crippen molar-refractivity contribution in [2.75, 3.05) is 24.8 Å². The molecule has 78 valence electrons. The number of nitrogens with one attached hydrogen (secondary N) is 1. The average Bonchev–Trinajstić information content (AvgIpc) is 2.20. The van der Waals surface area contributed by atoms with Crippen LogP contribution < -0.4 is 11.1 Å². The number of aromatic nitrogens is 2. The van der Waals surface area contributed by atoms with Crippen LogP contribution in [0.3, 0.4) is 0 Å². The van der Waals surface area contributed by atoms with Gasteiger partial charge in [0.1, 0.15) is 6.33 Å². The number of ether oxygens (including phenoxy) is 1. The summed E-state index contributed by atoms with van der Waals surface area (Å²) in [4.78, 5) is 7.86. The lowest BCUT2D eigenvalue weighted by Crippen LogP contribution is -2.25. The van der Waals surface area contributed by atoms with E-state index in [0.717, 1.165) is 6.42 Å². The van der Waals surface area contributed by atoms with Gasteiger partial charge in [-0.05, 0) is 6.42 Å². The summed E-state index contributed by atoms with van der Waals surface area (Å²) in [6.07, 6.45) is 4.00. The molecule has 0 aliphatic heterocycles. The quantitative estimate of drug-likeness (QED) is 0.731. The summed E-state index contributed by atoms with van der Waals surface area (Å²) in [5, 5.41) is 3.20. The van der Waals surface area contributed by atoms with E-state index < -0.39 is 0 Å². The molecule has 3 N–H and O–H groups in total. The molecule has 0 bridgehead atoms. The van der Waals surface area contributed by atoms with Gasteiger partial charge >= 0.3 is 0 Å². The largest absolute Gasteiger partial charge is 0.394 e. The molecule has 0 saturated heterocycles. The second-order valence-corrected chi connectivity index (χ2v) is 3.03. The number of nitrogens with zero attached hydrogens (tertiary/aromatic N) is 2. The van der Waals surface area contributed by atoms with Crippen LogP contribution in [0.1, 0.15) is 13.3 Å². The van der Waals surface area contributed by atoms with E-state index in [0.29, 0.717) is 18.1 Å². The minimum absolute atomic E-state index is 0.234. The Bertz CT molecular complexity index is 279. The van der Waals surface area contributed by atoms with Crippen LogP contribution in [0.4, 0.5) is 11.5 Å². The van der Waals surface area contributed by atoms with E-state index in [1.165, 1.54) is 6.33 Å². The van der Waals surface area contributed by atoms with Gasteiger partial charge in [0.15, 0.2) is 5.82 Å². The van der Waals surface area contributed by atoms with Crippen molar-refractivity contribution >= 4 is 11.5 Å². The first-order valence-corrected chi connectivity index (χ1v) is 4.58. The van der Waals surface area contributed by atoms with E-state index >= 15 is 0 Å². The van der Waals surface area contributed by atoms with Crippen molar-refractivity contribution in [2.45, 2.75) is 19.4 Å². The molecule has 0 aliphatic rings. The average molecular weight is 196 g/mol. The highest BCUT2D eigenvalue weighted by molar-refractivity contribution is 5.59. The third kappa shape index (κ3) is 2.85. The Hall–Kier alpha value is -1.36. The number of rotatable bonds is 5. The number of methoxy groups -OCH3 is 1. The van der Waals surface area contributed by atoms with Crippen molar-refractivity contribution in [1.29, 1.82) is 0 Å². The van der Waals surface area contributed by atoms with E-state index in [1.54, 1.807) is 13.3 Å². The number of nitrogen functional groups attached to an aromatic ring is 1. The zero-order chi connectivity index (χ0) is 10.4. The fourth-order valence-electron chi connectivity index (χ4n) is 1.12. The number of anilines is 2. The van der Waals surface area contributed by atoms with Crippen LogP contribution in [-0.4, -0.2) is 29.7 Å². The maximum atomic E-state index is 5.69. The van der Waals surface area contributed by atoms with Crippen molar-refractivity contribution in [3.63, 3.8) is 0 Å². The maximum Gasteiger partial charge on any atom is 0.152 e. The van der Waals surface area contributed by atoms with Gasteiger partial charge in [-0.1, -0.05) is 6.92 Å². The Balaban J connectivity index is 2.62. The number of hydrogen-bond acceptors (Lipinski definition) is 5. The fourth-order valence-corrected chi connectivity index (χ4v) is 1.12. The topological polar surface area (TPSA) is 73.1 Å². The molecule has 0 radical (unpaired) electrons. The van der Waals surface area contributed by atoms with Crippen LogP contribution in [0.15, 0.2) is 12.5 Å².